The molecule has 0 saturated carbocycles. The zero-order chi connectivity index (χ0) is 18.9. The number of phenols is 1. The second-order valence-electron chi connectivity index (χ2n) is 6.66. The summed E-state index contributed by atoms with van der Waals surface area (Å²) in [6, 6.07) is 14.3. The predicted octanol–water partition coefficient (Wildman–Crippen LogP) is 3.64. The van der Waals surface area contributed by atoms with Crippen molar-refractivity contribution in [2.24, 2.45) is 5.92 Å². The first-order valence-corrected chi connectivity index (χ1v) is 8.97. The van der Waals surface area contributed by atoms with Crippen LogP contribution in [0.4, 0.5) is 0 Å². The van der Waals surface area contributed by atoms with Crippen LogP contribution in [0.2, 0.25) is 0 Å². The third kappa shape index (κ3) is 5.77. The van der Waals surface area contributed by atoms with Crippen molar-refractivity contribution in [2.45, 2.75) is 26.7 Å². The first-order chi connectivity index (χ1) is 12.5. The molecule has 5 heteroatoms. The highest BCUT2D eigenvalue weighted by atomic mass is 16.5. The average Bonchev–Trinajstić information content (AvgIpc) is 2.65. The van der Waals surface area contributed by atoms with Crippen LogP contribution in [-0.4, -0.2) is 36.2 Å². The van der Waals surface area contributed by atoms with Gasteiger partial charge in [-0.25, -0.2) is 5.43 Å². The van der Waals surface area contributed by atoms with Gasteiger partial charge in [-0.05, 0) is 48.6 Å². The van der Waals surface area contributed by atoms with Crippen LogP contribution >= 0.6 is 0 Å². The van der Waals surface area contributed by atoms with E-state index in [0.717, 1.165) is 18.5 Å². The summed E-state index contributed by atoms with van der Waals surface area (Å²) in [6.45, 7) is 5.57. The van der Waals surface area contributed by atoms with Crippen molar-refractivity contribution in [1.29, 1.82) is 0 Å². The Hall–Kier alpha value is -2.53. The van der Waals surface area contributed by atoms with Gasteiger partial charge in [-0.3, -0.25) is 9.80 Å². The molecule has 0 radical (unpaired) electrons. The molecule has 0 aliphatic carbocycles. The third-order valence-corrected chi connectivity index (χ3v) is 4.17. The largest absolute Gasteiger partial charge is 0.508 e. The Labute approximate surface area is 155 Å². The van der Waals surface area contributed by atoms with Crippen LogP contribution in [0.5, 0.6) is 11.5 Å². The smallest absolute Gasteiger partial charge is 0.271 e. The van der Waals surface area contributed by atoms with E-state index in [2.05, 4.69) is 19.3 Å². The molecule has 0 heterocycles. The van der Waals surface area contributed by atoms with Gasteiger partial charge in [0.1, 0.15) is 11.5 Å². The topological polar surface area (TPSA) is 61.8 Å². The third-order valence-electron chi connectivity index (χ3n) is 4.17. The van der Waals surface area contributed by atoms with Gasteiger partial charge in [0.2, 0.25) is 0 Å². The molecule has 26 heavy (non-hydrogen) atoms. The van der Waals surface area contributed by atoms with E-state index in [9.17, 15) is 9.90 Å². The highest BCUT2D eigenvalue weighted by Gasteiger charge is 2.19. The molecule has 0 atom stereocenters. The van der Waals surface area contributed by atoms with E-state index < -0.39 is 0 Å². The number of carbonyl (C=O) groups excluding carboxylic acids is 1. The lowest BCUT2D eigenvalue weighted by molar-refractivity contribution is 0.0654. The molecule has 0 fully saturated rings. The number of ether oxygens (including phenoxy) is 1. The minimum atomic E-state index is -0.106. The van der Waals surface area contributed by atoms with Crippen LogP contribution in [0.15, 0.2) is 48.5 Å². The fraction of sp³-hybridized carbons (Fsp3) is 0.381. The van der Waals surface area contributed by atoms with Crippen LogP contribution in [0.3, 0.4) is 0 Å². The van der Waals surface area contributed by atoms with Gasteiger partial charge in [-0.15, -0.1) is 0 Å². The quantitative estimate of drug-likeness (QED) is 0.674. The van der Waals surface area contributed by atoms with Gasteiger partial charge in [0.15, 0.2) is 0 Å². The molecule has 2 rings (SSSR count). The van der Waals surface area contributed by atoms with Crippen molar-refractivity contribution in [2.75, 3.05) is 20.2 Å². The Morgan fingerprint density at radius 3 is 2.50 bits per heavy atom. The van der Waals surface area contributed by atoms with E-state index in [1.54, 1.807) is 36.4 Å². The molecule has 0 saturated heterocycles. The minimum Gasteiger partial charge on any atom is -0.508 e. The molecule has 1 amide bonds. The maximum absolute atomic E-state index is 13.0. The van der Waals surface area contributed by atoms with Crippen molar-refractivity contribution in [1.82, 2.24) is 10.4 Å². The van der Waals surface area contributed by atoms with Crippen LogP contribution in [0, 0.1) is 5.92 Å². The lowest BCUT2D eigenvalue weighted by atomic mass is 10.1. The number of benzene rings is 2. The average molecular weight is 356 g/mol. The van der Waals surface area contributed by atoms with Crippen molar-refractivity contribution < 1.29 is 14.6 Å². The molecule has 0 unspecified atom stereocenters. The molecule has 2 aromatic rings. The summed E-state index contributed by atoms with van der Waals surface area (Å²) in [4.78, 5) is 13.0. The summed E-state index contributed by atoms with van der Waals surface area (Å²) in [5.74, 6) is 1.26. The summed E-state index contributed by atoms with van der Waals surface area (Å²) in [5, 5.41) is 11.1. The van der Waals surface area contributed by atoms with E-state index in [1.807, 2.05) is 24.3 Å². The van der Waals surface area contributed by atoms with Gasteiger partial charge in [0.05, 0.1) is 12.7 Å². The number of para-hydroxylation sites is 1. The van der Waals surface area contributed by atoms with Crippen LogP contribution in [0.1, 0.15) is 36.2 Å². The number of nitrogens with one attached hydrogen (secondary N) is 1. The van der Waals surface area contributed by atoms with Crippen molar-refractivity contribution in [3.05, 3.63) is 59.7 Å². The number of amides is 1. The summed E-state index contributed by atoms with van der Waals surface area (Å²) in [6.07, 6.45) is 1.67. The summed E-state index contributed by atoms with van der Waals surface area (Å²) in [5.41, 5.74) is 4.86. The second kappa shape index (κ2) is 9.82. The van der Waals surface area contributed by atoms with Crippen molar-refractivity contribution >= 4 is 5.91 Å². The SMILES string of the molecule is COc1ccccc1C(=O)N(CCc1ccc(O)cc1)NCCC(C)C. The Morgan fingerprint density at radius 1 is 1.15 bits per heavy atom. The fourth-order valence-corrected chi connectivity index (χ4v) is 2.61. The number of methoxy groups -OCH3 is 1. The van der Waals surface area contributed by atoms with E-state index in [0.29, 0.717) is 30.2 Å². The molecule has 0 spiro atoms. The number of carbonyl (C=O) groups is 1. The lowest BCUT2D eigenvalue weighted by Crippen LogP contribution is -2.44. The van der Waals surface area contributed by atoms with Gasteiger partial charge in [0.25, 0.3) is 5.91 Å². The maximum Gasteiger partial charge on any atom is 0.271 e. The Kier molecular flexibility index (Phi) is 7.48. The number of hydrogen-bond acceptors (Lipinski definition) is 4. The van der Waals surface area contributed by atoms with Gasteiger partial charge in [0, 0.05) is 13.1 Å². The summed E-state index contributed by atoms with van der Waals surface area (Å²) in [7, 11) is 1.57. The van der Waals surface area contributed by atoms with Crippen molar-refractivity contribution in [3.63, 3.8) is 0 Å². The van der Waals surface area contributed by atoms with Crippen LogP contribution in [0.25, 0.3) is 0 Å². The minimum absolute atomic E-state index is 0.106. The number of phenolic OH excluding ortho intramolecular Hbond substituents is 1. The Bertz CT molecular complexity index is 699. The molecule has 0 aromatic heterocycles. The van der Waals surface area contributed by atoms with E-state index in [1.165, 1.54) is 0 Å². The number of hydrogen-bond donors (Lipinski definition) is 2. The summed E-state index contributed by atoms with van der Waals surface area (Å²) >= 11 is 0. The van der Waals surface area contributed by atoms with E-state index in [4.69, 9.17) is 4.74 Å². The number of rotatable bonds is 9. The second-order valence-corrected chi connectivity index (χ2v) is 6.66. The van der Waals surface area contributed by atoms with Crippen LogP contribution in [-0.2, 0) is 6.42 Å². The zero-order valence-electron chi connectivity index (χ0n) is 15.7. The normalized spacial score (nSPS) is 10.8. The van der Waals surface area contributed by atoms with Gasteiger partial charge in [-0.2, -0.15) is 0 Å². The van der Waals surface area contributed by atoms with E-state index >= 15 is 0 Å². The molecule has 0 aliphatic heterocycles. The number of aromatic hydroxyl groups is 1. The molecule has 5 nitrogen and oxygen atoms in total. The molecular formula is C21H28N2O3. The number of nitrogens with zero attached hydrogens (tertiary/aromatic N) is 1. The van der Waals surface area contributed by atoms with E-state index in [-0.39, 0.29) is 11.7 Å². The highest BCUT2D eigenvalue weighted by Crippen LogP contribution is 2.19. The van der Waals surface area contributed by atoms with Gasteiger partial charge in [-0.1, -0.05) is 38.1 Å². The molecular weight excluding hydrogens is 328 g/mol. The molecule has 0 bridgehead atoms. The molecule has 0 aliphatic rings. The monoisotopic (exact) mass is 356 g/mol. The fourth-order valence-electron chi connectivity index (χ4n) is 2.61. The summed E-state index contributed by atoms with van der Waals surface area (Å²) < 4.78 is 5.33. The molecule has 140 valence electrons. The van der Waals surface area contributed by atoms with Gasteiger partial charge >= 0.3 is 0 Å². The van der Waals surface area contributed by atoms with Crippen LogP contribution < -0.4 is 10.2 Å². The predicted molar refractivity (Wildman–Crippen MR) is 103 cm³/mol. The first-order valence-electron chi connectivity index (χ1n) is 8.97. The highest BCUT2D eigenvalue weighted by molar-refractivity contribution is 5.96. The first kappa shape index (κ1) is 19.8. The maximum atomic E-state index is 13.0. The lowest BCUT2D eigenvalue weighted by Gasteiger charge is -2.25. The van der Waals surface area contributed by atoms with Gasteiger partial charge < -0.3 is 9.84 Å². The number of hydrazine groups is 1. The molecule has 2 aromatic carbocycles. The Balaban J connectivity index is 2.11. The van der Waals surface area contributed by atoms with Crippen molar-refractivity contribution in [3.8, 4) is 11.5 Å². The zero-order valence-corrected chi connectivity index (χ0v) is 15.7. The standard InChI is InChI=1S/C21H28N2O3/c1-16(2)12-14-22-23(15-13-17-8-10-18(24)11-9-17)21(25)19-6-4-5-7-20(19)26-3/h4-11,16,22,24H,12-15H2,1-3H3. The Morgan fingerprint density at radius 2 is 1.85 bits per heavy atom. The molecule has 2 N–H and O–H groups in total.